The number of aliphatic hydroxyl groups is 1. The van der Waals surface area contributed by atoms with Gasteiger partial charge in [0, 0.05) is 0 Å². The molecule has 0 radical (unpaired) electrons. The number of fused-ring (bicyclic) bond motifs is 1. The van der Waals surface area contributed by atoms with E-state index < -0.39 is 6.04 Å². The summed E-state index contributed by atoms with van der Waals surface area (Å²) >= 11 is 1.56. The van der Waals surface area contributed by atoms with Gasteiger partial charge in [0.1, 0.15) is 11.7 Å². The van der Waals surface area contributed by atoms with Crippen molar-refractivity contribution in [2.75, 3.05) is 6.61 Å². The van der Waals surface area contributed by atoms with Crippen LogP contribution in [-0.4, -0.2) is 28.6 Å². The second kappa shape index (κ2) is 7.07. The third-order valence-electron chi connectivity index (χ3n) is 4.04. The molecule has 6 nitrogen and oxygen atoms in total. The van der Waals surface area contributed by atoms with Gasteiger partial charge in [-0.05, 0) is 29.3 Å². The Morgan fingerprint density at radius 3 is 2.85 bits per heavy atom. The molecule has 1 aliphatic heterocycles. The number of nitrogens with zero attached hydrogens (tertiary/aromatic N) is 2. The molecule has 1 aromatic heterocycles. The molecule has 1 atom stereocenters. The second-order valence-corrected chi connectivity index (χ2v) is 6.69. The molecule has 1 fully saturated rings. The normalized spacial score (nSPS) is 18.3. The summed E-state index contributed by atoms with van der Waals surface area (Å²) in [6, 6.07) is 14.9. The first-order chi connectivity index (χ1) is 12.7. The Hall–Kier alpha value is -3.03. The molecule has 7 heteroatoms. The van der Waals surface area contributed by atoms with Crippen LogP contribution >= 0.6 is 11.3 Å². The Kier molecular flexibility index (Phi) is 4.47. The lowest BCUT2D eigenvalue weighted by molar-refractivity contribution is -0.115. The fourth-order valence-corrected chi connectivity index (χ4v) is 3.46. The zero-order valence-electron chi connectivity index (χ0n) is 13.7. The van der Waals surface area contributed by atoms with Gasteiger partial charge < -0.3 is 10.4 Å². The van der Waals surface area contributed by atoms with Crippen LogP contribution in [0.15, 0.2) is 64.7 Å². The first-order valence-corrected chi connectivity index (χ1v) is 8.98. The van der Waals surface area contributed by atoms with Crippen LogP contribution in [0.5, 0.6) is 0 Å². The Morgan fingerprint density at radius 2 is 2.04 bits per heavy atom. The molecular formula is C19H16N4O2S. The fourth-order valence-electron chi connectivity index (χ4n) is 2.74. The van der Waals surface area contributed by atoms with Gasteiger partial charge in [-0.15, -0.1) is 11.3 Å². The van der Waals surface area contributed by atoms with Crippen molar-refractivity contribution in [3.05, 3.63) is 70.9 Å². The van der Waals surface area contributed by atoms with Crippen molar-refractivity contribution in [1.82, 2.24) is 15.6 Å². The average molecular weight is 364 g/mol. The van der Waals surface area contributed by atoms with Gasteiger partial charge in [0.15, 0.2) is 0 Å². The van der Waals surface area contributed by atoms with E-state index in [9.17, 15) is 9.90 Å². The van der Waals surface area contributed by atoms with Crippen molar-refractivity contribution >= 4 is 39.5 Å². The molecule has 2 aromatic carbocycles. The quantitative estimate of drug-likeness (QED) is 0.621. The monoisotopic (exact) mass is 364 g/mol. The molecule has 0 aliphatic carbocycles. The smallest absolute Gasteiger partial charge is 0.274 e. The predicted molar refractivity (Wildman–Crippen MR) is 103 cm³/mol. The number of thiazole rings is 1. The molecule has 1 amide bonds. The Bertz CT molecular complexity index is 1010. The molecule has 26 heavy (non-hydrogen) atoms. The first kappa shape index (κ1) is 16.4. The van der Waals surface area contributed by atoms with Crippen LogP contribution in [0.1, 0.15) is 17.2 Å². The maximum Gasteiger partial charge on any atom is 0.274 e. The van der Waals surface area contributed by atoms with Gasteiger partial charge in [-0.25, -0.2) is 9.98 Å². The summed E-state index contributed by atoms with van der Waals surface area (Å²) in [6.07, 6.45) is 1.77. The zero-order valence-corrected chi connectivity index (χ0v) is 14.5. The van der Waals surface area contributed by atoms with Crippen molar-refractivity contribution in [3.8, 4) is 0 Å². The van der Waals surface area contributed by atoms with E-state index in [2.05, 4.69) is 20.6 Å². The third-order valence-corrected chi connectivity index (χ3v) is 4.83. The number of amides is 1. The van der Waals surface area contributed by atoms with Crippen LogP contribution in [-0.2, 0) is 4.79 Å². The van der Waals surface area contributed by atoms with E-state index in [1.807, 2.05) is 48.5 Å². The van der Waals surface area contributed by atoms with Crippen LogP contribution in [0.2, 0.25) is 0 Å². The maximum absolute atomic E-state index is 12.2. The van der Waals surface area contributed by atoms with Crippen molar-refractivity contribution in [1.29, 1.82) is 0 Å². The van der Waals surface area contributed by atoms with Crippen molar-refractivity contribution in [3.63, 3.8) is 0 Å². The minimum absolute atomic E-state index is 0.147. The Labute approximate surface area is 153 Å². The van der Waals surface area contributed by atoms with Crippen molar-refractivity contribution in [2.24, 2.45) is 4.99 Å². The van der Waals surface area contributed by atoms with E-state index in [0.29, 0.717) is 11.7 Å². The van der Waals surface area contributed by atoms with Gasteiger partial charge in [-0.2, -0.15) is 0 Å². The van der Waals surface area contributed by atoms with Gasteiger partial charge in [-0.1, -0.05) is 36.4 Å². The highest BCUT2D eigenvalue weighted by atomic mass is 32.1. The molecule has 0 unspecified atom stereocenters. The molecule has 3 aromatic rings. The molecule has 0 spiro atoms. The molecule has 1 saturated heterocycles. The minimum atomic E-state index is -0.438. The number of carbonyl (C=O) groups excluding carboxylic acids is 1. The molecule has 0 bridgehead atoms. The Balaban J connectivity index is 1.57. The summed E-state index contributed by atoms with van der Waals surface area (Å²) in [4.78, 5) is 20.9. The lowest BCUT2D eigenvalue weighted by Crippen LogP contribution is -2.26. The number of guanidine groups is 1. The van der Waals surface area contributed by atoms with Gasteiger partial charge in [0.25, 0.3) is 5.91 Å². The zero-order chi connectivity index (χ0) is 17.9. The highest BCUT2D eigenvalue weighted by Crippen LogP contribution is 2.21. The number of hydrogen-bond donors (Lipinski definition) is 3. The summed E-state index contributed by atoms with van der Waals surface area (Å²) in [5.74, 6) is 0.0842. The van der Waals surface area contributed by atoms with Gasteiger partial charge in [-0.3, -0.25) is 10.1 Å². The number of aromatic nitrogens is 1. The molecule has 3 N–H and O–H groups in total. The second-order valence-electron chi connectivity index (χ2n) is 5.80. The maximum atomic E-state index is 12.2. The summed E-state index contributed by atoms with van der Waals surface area (Å²) in [7, 11) is 0. The first-order valence-electron chi connectivity index (χ1n) is 8.10. The Morgan fingerprint density at radius 1 is 1.19 bits per heavy atom. The van der Waals surface area contributed by atoms with E-state index >= 15 is 0 Å². The van der Waals surface area contributed by atoms with Gasteiger partial charge >= 0.3 is 0 Å². The number of hydrogen-bond acceptors (Lipinski definition) is 5. The standard InChI is InChI=1S/C19H16N4O2S/c24-10-16(13-4-2-1-3-5-13)22-19-21-15(18(25)23-19)8-12-6-7-14-17(9-12)26-11-20-14/h1-9,11,16,24H,10H2,(H2,21,22,23,25)/b15-8-/t16-/m1/s1. The lowest BCUT2D eigenvalue weighted by Gasteiger charge is -2.10. The number of rotatable bonds is 4. The van der Waals surface area contributed by atoms with E-state index in [-0.39, 0.29) is 12.5 Å². The molecule has 4 rings (SSSR count). The van der Waals surface area contributed by atoms with Gasteiger partial charge in [0.05, 0.1) is 22.3 Å². The van der Waals surface area contributed by atoms with E-state index in [1.165, 1.54) is 0 Å². The van der Waals surface area contributed by atoms with Crippen LogP contribution in [0.4, 0.5) is 0 Å². The number of aliphatic hydroxyl groups excluding tert-OH is 1. The molecule has 2 heterocycles. The number of aliphatic imine (C=N–C) groups is 1. The van der Waals surface area contributed by atoms with Crippen LogP contribution < -0.4 is 10.6 Å². The summed E-state index contributed by atoms with van der Waals surface area (Å²) in [5.41, 5.74) is 4.94. The van der Waals surface area contributed by atoms with E-state index in [0.717, 1.165) is 21.3 Å². The van der Waals surface area contributed by atoms with Crippen molar-refractivity contribution < 1.29 is 9.90 Å². The number of carbonyl (C=O) groups is 1. The highest BCUT2D eigenvalue weighted by Gasteiger charge is 2.23. The number of benzene rings is 2. The molecular weight excluding hydrogens is 348 g/mol. The summed E-state index contributed by atoms with van der Waals surface area (Å²) in [6.45, 7) is -0.147. The van der Waals surface area contributed by atoms with E-state index in [4.69, 9.17) is 0 Å². The minimum Gasteiger partial charge on any atom is -0.394 e. The topological polar surface area (TPSA) is 86.6 Å². The predicted octanol–water partition coefficient (Wildman–Crippen LogP) is 2.45. The molecule has 0 saturated carbocycles. The van der Waals surface area contributed by atoms with Crippen LogP contribution in [0.25, 0.3) is 16.3 Å². The van der Waals surface area contributed by atoms with E-state index in [1.54, 1.807) is 22.9 Å². The highest BCUT2D eigenvalue weighted by molar-refractivity contribution is 7.16. The summed E-state index contributed by atoms with van der Waals surface area (Å²) < 4.78 is 1.07. The fraction of sp³-hybridized carbons (Fsp3) is 0.105. The largest absolute Gasteiger partial charge is 0.394 e. The van der Waals surface area contributed by atoms with Crippen molar-refractivity contribution in [2.45, 2.75) is 6.04 Å². The number of nitrogens with one attached hydrogen (secondary N) is 2. The van der Waals surface area contributed by atoms with Crippen LogP contribution in [0, 0.1) is 0 Å². The summed E-state index contributed by atoms with van der Waals surface area (Å²) in [5, 5.41) is 15.3. The lowest BCUT2D eigenvalue weighted by atomic mass is 10.1. The third kappa shape index (κ3) is 3.35. The SMILES string of the molecule is O=C1NC(=N[C@H](CO)c2ccccc2)N/C1=C\c1ccc2ncsc2c1. The molecule has 1 aliphatic rings. The average Bonchev–Trinajstić information content (AvgIpc) is 3.26. The molecule has 130 valence electrons. The van der Waals surface area contributed by atoms with Gasteiger partial charge in [0.2, 0.25) is 5.96 Å². The van der Waals surface area contributed by atoms with Crippen LogP contribution in [0.3, 0.4) is 0 Å².